The van der Waals surface area contributed by atoms with E-state index in [1.54, 1.807) is 0 Å². The van der Waals surface area contributed by atoms with E-state index in [2.05, 4.69) is 20.9 Å². The number of rotatable bonds is 8. The summed E-state index contributed by atoms with van der Waals surface area (Å²) in [7, 11) is 0. The van der Waals surface area contributed by atoms with E-state index in [0.29, 0.717) is 19.5 Å². The van der Waals surface area contributed by atoms with Crippen LogP contribution in [0.5, 0.6) is 0 Å². The van der Waals surface area contributed by atoms with E-state index >= 15 is 0 Å². The molecule has 106 valence electrons. The first-order chi connectivity index (χ1) is 9.02. The molecule has 0 aliphatic rings. The van der Waals surface area contributed by atoms with E-state index in [4.69, 9.17) is 5.11 Å². The molecule has 0 saturated heterocycles. The summed E-state index contributed by atoms with van der Waals surface area (Å²) in [6.45, 7) is 5.53. The molecule has 1 amide bonds. The van der Waals surface area contributed by atoms with Crippen LogP contribution in [0, 0.1) is 0 Å². The first kappa shape index (κ1) is 15.1. The fraction of sp³-hybridized carbons (Fsp3) is 0.636. The van der Waals surface area contributed by atoms with Crippen molar-refractivity contribution >= 4 is 11.9 Å². The van der Waals surface area contributed by atoms with E-state index in [-0.39, 0.29) is 17.6 Å². The van der Waals surface area contributed by atoms with Gasteiger partial charge in [-0.2, -0.15) is 0 Å². The summed E-state index contributed by atoms with van der Waals surface area (Å²) in [5.74, 6) is -1.17. The molecule has 1 aromatic heterocycles. The smallest absolute Gasteiger partial charge is 0.358 e. The minimum atomic E-state index is -1.12. The van der Waals surface area contributed by atoms with Crippen molar-refractivity contribution in [3.63, 3.8) is 0 Å². The fourth-order valence-corrected chi connectivity index (χ4v) is 1.59. The van der Waals surface area contributed by atoms with Crippen molar-refractivity contribution in [3.8, 4) is 0 Å². The molecule has 0 aliphatic carbocycles. The monoisotopic (exact) mass is 269 g/mol. The third-order valence-corrected chi connectivity index (χ3v) is 2.47. The lowest BCUT2D eigenvalue weighted by atomic mass is 10.2. The van der Waals surface area contributed by atoms with Crippen LogP contribution in [-0.2, 0) is 11.3 Å². The van der Waals surface area contributed by atoms with Gasteiger partial charge < -0.3 is 15.7 Å². The second-order valence-electron chi connectivity index (χ2n) is 4.18. The molecule has 8 heteroatoms. The van der Waals surface area contributed by atoms with Gasteiger partial charge in [-0.15, -0.1) is 5.10 Å². The Morgan fingerprint density at radius 1 is 1.53 bits per heavy atom. The third kappa shape index (κ3) is 5.47. The number of nitrogens with one attached hydrogen (secondary N) is 2. The number of carbonyl (C=O) groups excluding carboxylic acids is 1. The van der Waals surface area contributed by atoms with Gasteiger partial charge in [-0.05, 0) is 13.5 Å². The highest BCUT2D eigenvalue weighted by Gasteiger charge is 2.09. The highest BCUT2D eigenvalue weighted by molar-refractivity contribution is 5.84. The first-order valence-corrected chi connectivity index (χ1v) is 6.16. The van der Waals surface area contributed by atoms with E-state index in [0.717, 1.165) is 6.54 Å². The van der Waals surface area contributed by atoms with Crippen molar-refractivity contribution < 1.29 is 14.7 Å². The number of aromatic nitrogens is 3. The van der Waals surface area contributed by atoms with Crippen molar-refractivity contribution in [1.82, 2.24) is 25.6 Å². The van der Waals surface area contributed by atoms with E-state index in [1.165, 1.54) is 10.9 Å². The lowest BCUT2D eigenvalue weighted by Crippen LogP contribution is -2.34. The van der Waals surface area contributed by atoms with Gasteiger partial charge in [-0.25, -0.2) is 9.48 Å². The minimum absolute atomic E-state index is 0.0491. The van der Waals surface area contributed by atoms with Gasteiger partial charge in [0, 0.05) is 19.0 Å². The average Bonchev–Trinajstić information content (AvgIpc) is 2.78. The second kappa shape index (κ2) is 7.47. The number of carbonyl (C=O) groups is 2. The molecule has 8 nitrogen and oxygen atoms in total. The molecule has 0 spiro atoms. The molecular weight excluding hydrogens is 250 g/mol. The molecule has 0 fully saturated rings. The Morgan fingerprint density at radius 2 is 2.26 bits per heavy atom. The zero-order valence-corrected chi connectivity index (χ0v) is 11.1. The van der Waals surface area contributed by atoms with Gasteiger partial charge in [0.25, 0.3) is 0 Å². The molecule has 19 heavy (non-hydrogen) atoms. The van der Waals surface area contributed by atoms with Crippen molar-refractivity contribution in [2.75, 3.05) is 13.1 Å². The largest absolute Gasteiger partial charge is 0.476 e. The van der Waals surface area contributed by atoms with E-state index in [1.807, 2.05) is 13.8 Å². The maximum Gasteiger partial charge on any atom is 0.358 e. The van der Waals surface area contributed by atoms with Crippen LogP contribution in [0.2, 0.25) is 0 Å². The number of nitrogens with zero attached hydrogens (tertiary/aromatic N) is 3. The van der Waals surface area contributed by atoms with Crippen LogP contribution < -0.4 is 10.6 Å². The van der Waals surface area contributed by atoms with Crippen molar-refractivity contribution in [2.45, 2.75) is 32.9 Å². The normalized spacial score (nSPS) is 12.1. The van der Waals surface area contributed by atoms with Gasteiger partial charge in [0.05, 0.1) is 12.7 Å². The van der Waals surface area contributed by atoms with Gasteiger partial charge in [0.1, 0.15) is 0 Å². The molecule has 0 aromatic carbocycles. The number of hydrogen-bond acceptors (Lipinski definition) is 5. The summed E-state index contributed by atoms with van der Waals surface area (Å²) in [4.78, 5) is 22.1. The predicted octanol–water partition coefficient (Wildman–Crippen LogP) is -0.519. The molecule has 0 radical (unpaired) electrons. The number of aromatic carboxylic acids is 1. The number of hydrogen-bond donors (Lipinski definition) is 3. The molecular formula is C11H19N5O3. The minimum Gasteiger partial charge on any atom is -0.476 e. The highest BCUT2D eigenvalue weighted by Crippen LogP contribution is 1.93. The number of carboxylic acid groups (broad SMARTS) is 1. The molecule has 1 atom stereocenters. The zero-order valence-electron chi connectivity index (χ0n) is 11.1. The predicted molar refractivity (Wildman–Crippen MR) is 67.7 cm³/mol. The Bertz CT molecular complexity index is 432. The van der Waals surface area contributed by atoms with Crippen molar-refractivity contribution in [3.05, 3.63) is 11.9 Å². The second-order valence-corrected chi connectivity index (χ2v) is 4.18. The van der Waals surface area contributed by atoms with Crippen molar-refractivity contribution in [2.24, 2.45) is 0 Å². The summed E-state index contributed by atoms with van der Waals surface area (Å²) < 4.78 is 1.39. The summed E-state index contributed by atoms with van der Waals surface area (Å²) >= 11 is 0. The Hall–Kier alpha value is -1.96. The van der Waals surface area contributed by atoms with Gasteiger partial charge in [0.15, 0.2) is 5.69 Å². The van der Waals surface area contributed by atoms with Crippen LogP contribution >= 0.6 is 0 Å². The van der Waals surface area contributed by atoms with E-state index in [9.17, 15) is 9.59 Å². The van der Waals surface area contributed by atoms with Gasteiger partial charge in [0.2, 0.25) is 5.91 Å². The standard InChI is InChI=1S/C11H19N5O3/c1-3-12-8(2)6-10(17)13-4-5-16-7-9(11(18)19)14-15-16/h7-8,12H,3-6H2,1-2H3,(H,13,17)(H,18,19). The van der Waals surface area contributed by atoms with Crippen LogP contribution in [0.4, 0.5) is 0 Å². The van der Waals surface area contributed by atoms with Crippen LogP contribution in [0.3, 0.4) is 0 Å². The quantitative estimate of drug-likeness (QED) is 0.586. The Morgan fingerprint density at radius 3 is 2.84 bits per heavy atom. The van der Waals surface area contributed by atoms with Gasteiger partial charge in [-0.3, -0.25) is 4.79 Å². The highest BCUT2D eigenvalue weighted by atomic mass is 16.4. The van der Waals surface area contributed by atoms with Crippen LogP contribution in [0.15, 0.2) is 6.20 Å². The molecule has 1 unspecified atom stereocenters. The van der Waals surface area contributed by atoms with Gasteiger partial charge in [-0.1, -0.05) is 12.1 Å². The summed E-state index contributed by atoms with van der Waals surface area (Å²) in [5, 5.41) is 21.7. The van der Waals surface area contributed by atoms with Crippen LogP contribution in [-0.4, -0.2) is 51.1 Å². The third-order valence-electron chi connectivity index (χ3n) is 2.47. The van der Waals surface area contributed by atoms with Crippen LogP contribution in [0.25, 0.3) is 0 Å². The van der Waals surface area contributed by atoms with Crippen LogP contribution in [0.1, 0.15) is 30.8 Å². The summed E-state index contributed by atoms with van der Waals surface area (Å²) in [6.07, 6.45) is 1.74. The molecule has 0 saturated carbocycles. The topological polar surface area (TPSA) is 109 Å². The molecule has 3 N–H and O–H groups in total. The lowest BCUT2D eigenvalue weighted by molar-refractivity contribution is -0.121. The maximum atomic E-state index is 11.5. The molecule has 0 aliphatic heterocycles. The Labute approximate surface area is 111 Å². The Kier molecular flexibility index (Phi) is 5.94. The van der Waals surface area contributed by atoms with Crippen molar-refractivity contribution in [1.29, 1.82) is 0 Å². The molecule has 1 rings (SSSR count). The van der Waals surface area contributed by atoms with Gasteiger partial charge >= 0.3 is 5.97 Å². The first-order valence-electron chi connectivity index (χ1n) is 6.16. The Balaban J connectivity index is 2.25. The summed E-state index contributed by atoms with van der Waals surface area (Å²) in [5.41, 5.74) is -0.105. The molecule has 1 heterocycles. The number of carboxylic acids is 1. The fourth-order valence-electron chi connectivity index (χ4n) is 1.59. The SMILES string of the molecule is CCNC(C)CC(=O)NCCn1cc(C(=O)O)nn1. The van der Waals surface area contributed by atoms with E-state index < -0.39 is 5.97 Å². The maximum absolute atomic E-state index is 11.5. The number of amides is 1. The molecule has 0 bridgehead atoms. The zero-order chi connectivity index (χ0) is 14.3. The average molecular weight is 269 g/mol. The lowest BCUT2D eigenvalue weighted by Gasteiger charge is -2.11. The summed E-state index contributed by atoms with van der Waals surface area (Å²) in [6, 6.07) is 0.134. The molecule has 1 aromatic rings.